The number of carboxylic acids is 1. The Bertz CT molecular complexity index is 572. The van der Waals surface area contributed by atoms with E-state index in [9.17, 15) is 4.79 Å². The maximum Gasteiger partial charge on any atom is 0.335 e. The summed E-state index contributed by atoms with van der Waals surface area (Å²) in [4.78, 5) is 12.6. The Kier molecular flexibility index (Phi) is 11.0. The number of unbranched alkanes of at least 4 members (excludes halogenated alkanes) is 1. The fourth-order valence-corrected chi connectivity index (χ4v) is 2.39. The number of aliphatic hydroxyl groups is 1. The van der Waals surface area contributed by atoms with E-state index in [-0.39, 0.29) is 0 Å². The summed E-state index contributed by atoms with van der Waals surface area (Å²) < 4.78 is 0. The molecule has 2 aromatic rings. The van der Waals surface area contributed by atoms with Crippen LogP contribution in [-0.2, 0) is 6.42 Å². The number of aromatic carboxylic acids is 1. The Morgan fingerprint density at radius 1 is 0.920 bits per heavy atom. The van der Waals surface area contributed by atoms with Crippen LogP contribution in [0.4, 0.5) is 0 Å². The highest BCUT2D eigenvalue weighted by molar-refractivity contribution is 5.87. The Labute approximate surface area is 150 Å². The second-order valence-electron chi connectivity index (χ2n) is 5.77. The van der Waals surface area contributed by atoms with Crippen molar-refractivity contribution in [3.05, 3.63) is 71.8 Å². The van der Waals surface area contributed by atoms with Gasteiger partial charge >= 0.3 is 5.97 Å². The number of carbonyl (C=O) groups is 1. The number of benzene rings is 2. The van der Waals surface area contributed by atoms with E-state index in [2.05, 4.69) is 42.2 Å². The fourth-order valence-electron chi connectivity index (χ4n) is 2.39. The standard InChI is InChI=1S/C14H23NO.C7H6O2/c1-2-15(11-6-7-13-16)12-10-14-8-4-3-5-9-14;8-7(9)6-4-2-1-3-5-6/h3-5,8-9,16H,2,6-7,10-13H2,1H3;1-5H,(H,8,9). The molecular weight excluding hydrogens is 314 g/mol. The molecule has 2 aromatic carbocycles. The first-order valence-electron chi connectivity index (χ1n) is 8.82. The topological polar surface area (TPSA) is 60.8 Å². The molecule has 4 nitrogen and oxygen atoms in total. The molecule has 0 aliphatic heterocycles. The van der Waals surface area contributed by atoms with Crippen LogP contribution in [0.1, 0.15) is 35.7 Å². The summed E-state index contributed by atoms with van der Waals surface area (Å²) in [6, 6.07) is 18.9. The molecule has 4 heteroatoms. The average molecular weight is 343 g/mol. The summed E-state index contributed by atoms with van der Waals surface area (Å²) in [5.41, 5.74) is 1.74. The minimum atomic E-state index is -0.879. The predicted octanol–water partition coefficient (Wildman–Crippen LogP) is 3.71. The fraction of sp³-hybridized carbons (Fsp3) is 0.381. The Hall–Kier alpha value is -2.17. The monoisotopic (exact) mass is 343 g/mol. The van der Waals surface area contributed by atoms with Gasteiger partial charge in [0.05, 0.1) is 5.56 Å². The van der Waals surface area contributed by atoms with Crippen LogP contribution in [-0.4, -0.2) is 47.3 Å². The van der Waals surface area contributed by atoms with Gasteiger partial charge in [-0.25, -0.2) is 4.79 Å². The summed E-state index contributed by atoms with van der Waals surface area (Å²) in [6.45, 7) is 5.83. The maximum absolute atomic E-state index is 10.2. The number of hydrogen-bond acceptors (Lipinski definition) is 3. The average Bonchev–Trinajstić information content (AvgIpc) is 2.66. The van der Waals surface area contributed by atoms with Crippen LogP contribution in [0, 0.1) is 0 Å². The molecule has 0 aliphatic rings. The third-order valence-electron chi connectivity index (χ3n) is 3.91. The second kappa shape index (κ2) is 13.2. The van der Waals surface area contributed by atoms with Gasteiger partial charge in [-0.1, -0.05) is 55.5 Å². The van der Waals surface area contributed by atoms with Crippen molar-refractivity contribution in [2.24, 2.45) is 0 Å². The van der Waals surface area contributed by atoms with E-state index in [1.54, 1.807) is 30.3 Å². The Morgan fingerprint density at radius 3 is 2.00 bits per heavy atom. The first-order chi connectivity index (χ1) is 12.2. The number of aliphatic hydroxyl groups excluding tert-OH is 1. The van der Waals surface area contributed by atoms with E-state index >= 15 is 0 Å². The summed E-state index contributed by atoms with van der Waals surface area (Å²) in [7, 11) is 0. The molecular formula is C21H29NO3. The van der Waals surface area contributed by atoms with Crippen molar-refractivity contribution in [3.8, 4) is 0 Å². The van der Waals surface area contributed by atoms with E-state index in [0.717, 1.165) is 38.9 Å². The highest BCUT2D eigenvalue weighted by Crippen LogP contribution is 2.02. The van der Waals surface area contributed by atoms with Crippen molar-refractivity contribution in [2.75, 3.05) is 26.2 Å². The SMILES string of the molecule is CCN(CCCCO)CCc1ccccc1.O=C(O)c1ccccc1. The van der Waals surface area contributed by atoms with Gasteiger partial charge in [0.2, 0.25) is 0 Å². The van der Waals surface area contributed by atoms with Crippen LogP contribution >= 0.6 is 0 Å². The van der Waals surface area contributed by atoms with E-state index < -0.39 is 5.97 Å². The van der Waals surface area contributed by atoms with Crippen LogP contribution < -0.4 is 0 Å². The molecule has 0 spiro atoms. The zero-order chi connectivity index (χ0) is 18.3. The third kappa shape index (κ3) is 9.65. The number of hydrogen-bond donors (Lipinski definition) is 2. The number of nitrogens with zero attached hydrogens (tertiary/aromatic N) is 1. The van der Waals surface area contributed by atoms with Crippen LogP contribution in [0.25, 0.3) is 0 Å². The Morgan fingerprint density at radius 2 is 1.52 bits per heavy atom. The zero-order valence-corrected chi connectivity index (χ0v) is 15.0. The lowest BCUT2D eigenvalue weighted by atomic mass is 10.1. The van der Waals surface area contributed by atoms with Gasteiger partial charge < -0.3 is 15.1 Å². The molecule has 2 N–H and O–H groups in total. The smallest absolute Gasteiger partial charge is 0.335 e. The highest BCUT2D eigenvalue weighted by Gasteiger charge is 2.02. The number of rotatable bonds is 9. The van der Waals surface area contributed by atoms with Gasteiger partial charge in [-0.3, -0.25) is 0 Å². The van der Waals surface area contributed by atoms with Crippen molar-refractivity contribution in [1.82, 2.24) is 4.90 Å². The largest absolute Gasteiger partial charge is 0.478 e. The molecule has 0 saturated heterocycles. The summed E-state index contributed by atoms with van der Waals surface area (Å²) in [6.07, 6.45) is 3.13. The lowest BCUT2D eigenvalue weighted by Gasteiger charge is -2.20. The molecule has 0 fully saturated rings. The maximum atomic E-state index is 10.2. The lowest BCUT2D eigenvalue weighted by Crippen LogP contribution is -2.27. The van der Waals surface area contributed by atoms with E-state index in [1.165, 1.54) is 5.56 Å². The van der Waals surface area contributed by atoms with Crippen LogP contribution in [0.3, 0.4) is 0 Å². The van der Waals surface area contributed by atoms with Crippen LogP contribution in [0.15, 0.2) is 60.7 Å². The summed E-state index contributed by atoms with van der Waals surface area (Å²) >= 11 is 0. The van der Waals surface area contributed by atoms with E-state index in [1.807, 2.05) is 0 Å². The van der Waals surface area contributed by atoms with Gasteiger partial charge in [-0.15, -0.1) is 0 Å². The van der Waals surface area contributed by atoms with Gasteiger partial charge in [0.25, 0.3) is 0 Å². The molecule has 0 bridgehead atoms. The van der Waals surface area contributed by atoms with Crippen molar-refractivity contribution >= 4 is 5.97 Å². The molecule has 0 atom stereocenters. The first-order valence-corrected chi connectivity index (χ1v) is 8.82. The minimum Gasteiger partial charge on any atom is -0.478 e. The lowest BCUT2D eigenvalue weighted by molar-refractivity contribution is 0.0697. The molecule has 0 aliphatic carbocycles. The van der Waals surface area contributed by atoms with Crippen LogP contribution in [0.5, 0.6) is 0 Å². The van der Waals surface area contributed by atoms with Gasteiger partial charge in [0.15, 0.2) is 0 Å². The van der Waals surface area contributed by atoms with Crippen molar-refractivity contribution in [1.29, 1.82) is 0 Å². The predicted molar refractivity (Wildman–Crippen MR) is 102 cm³/mol. The van der Waals surface area contributed by atoms with Crippen molar-refractivity contribution in [3.63, 3.8) is 0 Å². The molecule has 2 rings (SSSR count). The first kappa shape index (κ1) is 20.9. The zero-order valence-electron chi connectivity index (χ0n) is 15.0. The summed E-state index contributed by atoms with van der Waals surface area (Å²) in [5.74, 6) is -0.879. The van der Waals surface area contributed by atoms with Crippen molar-refractivity contribution in [2.45, 2.75) is 26.2 Å². The molecule has 136 valence electrons. The van der Waals surface area contributed by atoms with Gasteiger partial charge in [0.1, 0.15) is 0 Å². The van der Waals surface area contributed by atoms with E-state index in [0.29, 0.717) is 12.2 Å². The molecule has 0 amide bonds. The number of likely N-dealkylation sites (N-methyl/N-ethyl adjacent to an activating group) is 1. The van der Waals surface area contributed by atoms with Crippen LogP contribution in [0.2, 0.25) is 0 Å². The molecule has 0 saturated carbocycles. The van der Waals surface area contributed by atoms with Crippen molar-refractivity contribution < 1.29 is 15.0 Å². The Balaban J connectivity index is 0.000000293. The highest BCUT2D eigenvalue weighted by atomic mass is 16.4. The van der Waals surface area contributed by atoms with Gasteiger partial charge in [0, 0.05) is 13.2 Å². The minimum absolute atomic E-state index is 0.316. The molecule has 0 aromatic heterocycles. The van der Waals surface area contributed by atoms with Gasteiger partial charge in [-0.2, -0.15) is 0 Å². The molecule has 0 heterocycles. The molecule has 0 radical (unpaired) electrons. The second-order valence-corrected chi connectivity index (χ2v) is 5.77. The quantitative estimate of drug-likeness (QED) is 0.682. The number of carboxylic acid groups (broad SMARTS) is 1. The van der Waals surface area contributed by atoms with Gasteiger partial charge in [-0.05, 0) is 50.0 Å². The van der Waals surface area contributed by atoms with E-state index in [4.69, 9.17) is 10.2 Å². The molecule has 0 unspecified atom stereocenters. The summed E-state index contributed by atoms with van der Waals surface area (Å²) in [5, 5.41) is 17.1. The molecule has 25 heavy (non-hydrogen) atoms. The third-order valence-corrected chi connectivity index (χ3v) is 3.91. The normalized spacial score (nSPS) is 10.2.